The molecule has 0 spiro atoms. The number of amides is 1. The van der Waals surface area contributed by atoms with Crippen LogP contribution in [0.25, 0.3) is 0 Å². The Labute approximate surface area is 142 Å². The summed E-state index contributed by atoms with van der Waals surface area (Å²) in [6.07, 6.45) is 3.69. The molecule has 0 aliphatic carbocycles. The molecule has 0 aliphatic heterocycles. The first kappa shape index (κ1) is 19.1. The number of carbonyl (C=O) groups is 1. The molecule has 3 N–H and O–H groups in total. The van der Waals surface area contributed by atoms with Gasteiger partial charge in [-0.1, -0.05) is 43.3 Å². The maximum Gasteiger partial charge on any atom is 0.221 e. The van der Waals surface area contributed by atoms with Crippen molar-refractivity contribution in [1.29, 1.82) is 0 Å². The van der Waals surface area contributed by atoms with Crippen molar-refractivity contribution < 1.29 is 4.79 Å². The molecule has 7 heteroatoms. The summed E-state index contributed by atoms with van der Waals surface area (Å²) >= 11 is 0. The summed E-state index contributed by atoms with van der Waals surface area (Å²) in [6, 6.07) is 8.04. The zero-order valence-electron chi connectivity index (χ0n) is 13.5. The number of hydrogen-bond acceptors (Lipinski definition) is 4. The van der Waals surface area contributed by atoms with Crippen molar-refractivity contribution in [3.63, 3.8) is 0 Å². The Morgan fingerprint density at radius 1 is 1.26 bits per heavy atom. The molecule has 1 aromatic heterocycles. The second-order valence-corrected chi connectivity index (χ2v) is 5.65. The molecule has 126 valence electrons. The molecule has 1 amide bonds. The van der Waals surface area contributed by atoms with Gasteiger partial charge >= 0.3 is 0 Å². The SMILES string of the molecule is CC(C)c1ccc(C(N)CNC(=O)CCn2ccnn2)cc1.Cl. The van der Waals surface area contributed by atoms with Crippen LogP contribution < -0.4 is 11.1 Å². The molecule has 1 atom stereocenters. The van der Waals surface area contributed by atoms with Crippen LogP contribution in [-0.2, 0) is 11.3 Å². The van der Waals surface area contributed by atoms with E-state index in [0.717, 1.165) is 5.56 Å². The molecule has 0 saturated heterocycles. The zero-order chi connectivity index (χ0) is 15.9. The molecule has 0 bridgehead atoms. The zero-order valence-corrected chi connectivity index (χ0v) is 14.3. The van der Waals surface area contributed by atoms with Crippen molar-refractivity contribution in [2.45, 2.75) is 38.8 Å². The highest BCUT2D eigenvalue weighted by Gasteiger charge is 2.09. The van der Waals surface area contributed by atoms with Gasteiger partial charge in [-0.05, 0) is 17.0 Å². The van der Waals surface area contributed by atoms with Crippen LogP contribution in [0.15, 0.2) is 36.7 Å². The van der Waals surface area contributed by atoms with Crippen molar-refractivity contribution in [2.75, 3.05) is 6.54 Å². The van der Waals surface area contributed by atoms with E-state index in [1.807, 2.05) is 12.1 Å². The van der Waals surface area contributed by atoms with Crippen molar-refractivity contribution in [2.24, 2.45) is 5.73 Å². The van der Waals surface area contributed by atoms with Gasteiger partial charge in [-0.25, -0.2) is 0 Å². The Bertz CT molecular complexity index is 583. The van der Waals surface area contributed by atoms with E-state index in [2.05, 4.69) is 41.6 Å². The Balaban J connectivity index is 0.00000264. The predicted octanol–water partition coefficient (Wildman–Crippen LogP) is 2.03. The molecule has 0 radical (unpaired) electrons. The molecule has 1 aromatic carbocycles. The summed E-state index contributed by atoms with van der Waals surface area (Å²) in [4.78, 5) is 11.8. The van der Waals surface area contributed by atoms with Gasteiger partial charge in [-0.3, -0.25) is 9.48 Å². The van der Waals surface area contributed by atoms with Gasteiger partial charge in [-0.15, -0.1) is 17.5 Å². The minimum atomic E-state index is -0.198. The van der Waals surface area contributed by atoms with Crippen LogP contribution >= 0.6 is 12.4 Å². The lowest BCUT2D eigenvalue weighted by atomic mass is 9.99. The van der Waals surface area contributed by atoms with Gasteiger partial charge in [0.15, 0.2) is 0 Å². The summed E-state index contributed by atoms with van der Waals surface area (Å²) in [5, 5.41) is 10.4. The molecule has 6 nitrogen and oxygen atoms in total. The summed E-state index contributed by atoms with van der Waals surface area (Å²) in [7, 11) is 0. The van der Waals surface area contributed by atoms with Gasteiger partial charge in [0.1, 0.15) is 0 Å². The number of nitrogens with one attached hydrogen (secondary N) is 1. The van der Waals surface area contributed by atoms with Crippen LogP contribution in [-0.4, -0.2) is 27.4 Å². The molecule has 0 saturated carbocycles. The van der Waals surface area contributed by atoms with Crippen LogP contribution in [0, 0.1) is 0 Å². The molecule has 0 aliphatic rings. The third-order valence-corrected chi connectivity index (χ3v) is 3.59. The Hall–Kier alpha value is -1.92. The highest BCUT2D eigenvalue weighted by atomic mass is 35.5. The fourth-order valence-electron chi connectivity index (χ4n) is 2.13. The van der Waals surface area contributed by atoms with E-state index in [0.29, 0.717) is 25.4 Å². The first-order valence-electron chi connectivity index (χ1n) is 7.52. The third kappa shape index (κ3) is 6.00. The van der Waals surface area contributed by atoms with Crippen molar-refractivity contribution in [1.82, 2.24) is 20.3 Å². The first-order chi connectivity index (χ1) is 10.6. The van der Waals surface area contributed by atoms with E-state index < -0.39 is 0 Å². The number of halogens is 1. The van der Waals surface area contributed by atoms with Gasteiger partial charge in [0.2, 0.25) is 5.91 Å². The van der Waals surface area contributed by atoms with Gasteiger partial charge in [0, 0.05) is 25.2 Å². The number of benzene rings is 1. The normalized spacial score (nSPS) is 11.8. The second-order valence-electron chi connectivity index (χ2n) is 5.65. The standard InChI is InChI=1S/C16H23N5O.ClH/c1-12(2)13-3-5-14(6-4-13)15(17)11-18-16(22)7-9-21-10-8-19-20-21;/h3-6,8,10,12,15H,7,9,11,17H2,1-2H3,(H,18,22);1H. The lowest BCUT2D eigenvalue weighted by Crippen LogP contribution is -2.32. The molecule has 1 unspecified atom stereocenters. The van der Waals surface area contributed by atoms with Crippen LogP contribution in [0.1, 0.15) is 43.4 Å². The average molecular weight is 338 g/mol. The van der Waals surface area contributed by atoms with E-state index in [1.165, 1.54) is 5.56 Å². The molecule has 23 heavy (non-hydrogen) atoms. The van der Waals surface area contributed by atoms with E-state index in [4.69, 9.17) is 5.73 Å². The summed E-state index contributed by atoms with van der Waals surface area (Å²) in [6.45, 7) is 5.26. The first-order valence-corrected chi connectivity index (χ1v) is 7.52. The Morgan fingerprint density at radius 2 is 1.91 bits per heavy atom. The Kier molecular flexibility index (Phi) is 7.71. The number of nitrogens with zero attached hydrogens (tertiary/aromatic N) is 3. The highest BCUT2D eigenvalue weighted by Crippen LogP contribution is 2.17. The average Bonchev–Trinajstić information content (AvgIpc) is 3.04. The van der Waals surface area contributed by atoms with Crippen LogP contribution in [0.2, 0.25) is 0 Å². The van der Waals surface area contributed by atoms with Crippen molar-refractivity contribution in [3.05, 3.63) is 47.8 Å². The minimum absolute atomic E-state index is 0. The predicted molar refractivity (Wildman–Crippen MR) is 92.4 cm³/mol. The van der Waals surface area contributed by atoms with Gasteiger partial charge in [0.05, 0.1) is 12.7 Å². The number of nitrogens with two attached hydrogens (primary N) is 1. The minimum Gasteiger partial charge on any atom is -0.354 e. The van der Waals surface area contributed by atoms with Crippen LogP contribution in [0.3, 0.4) is 0 Å². The van der Waals surface area contributed by atoms with Gasteiger partial charge in [-0.2, -0.15) is 0 Å². The maximum absolute atomic E-state index is 11.8. The highest BCUT2D eigenvalue weighted by molar-refractivity contribution is 5.85. The van der Waals surface area contributed by atoms with E-state index in [-0.39, 0.29) is 24.4 Å². The number of hydrogen-bond donors (Lipinski definition) is 2. The quantitative estimate of drug-likeness (QED) is 0.809. The molecule has 1 heterocycles. The third-order valence-electron chi connectivity index (χ3n) is 3.59. The summed E-state index contributed by atoms with van der Waals surface area (Å²) in [5.41, 5.74) is 8.43. The van der Waals surface area contributed by atoms with Crippen LogP contribution in [0.5, 0.6) is 0 Å². The molecular formula is C16H24ClN5O. The molecule has 2 aromatic rings. The summed E-state index contributed by atoms with van der Waals surface area (Å²) in [5.74, 6) is 0.464. The topological polar surface area (TPSA) is 85.8 Å². The van der Waals surface area contributed by atoms with Gasteiger partial charge < -0.3 is 11.1 Å². The molecule has 0 fully saturated rings. The molecular weight excluding hydrogens is 314 g/mol. The lowest BCUT2D eigenvalue weighted by molar-refractivity contribution is -0.121. The fourth-order valence-corrected chi connectivity index (χ4v) is 2.13. The van der Waals surface area contributed by atoms with E-state index >= 15 is 0 Å². The maximum atomic E-state index is 11.8. The van der Waals surface area contributed by atoms with Gasteiger partial charge in [0.25, 0.3) is 0 Å². The van der Waals surface area contributed by atoms with E-state index in [9.17, 15) is 4.79 Å². The number of aromatic nitrogens is 3. The van der Waals surface area contributed by atoms with Crippen molar-refractivity contribution in [3.8, 4) is 0 Å². The number of carbonyl (C=O) groups excluding carboxylic acids is 1. The lowest BCUT2D eigenvalue weighted by Gasteiger charge is -2.14. The largest absolute Gasteiger partial charge is 0.354 e. The monoisotopic (exact) mass is 337 g/mol. The second kappa shape index (κ2) is 9.27. The fraction of sp³-hybridized carbons (Fsp3) is 0.438. The number of aryl methyl sites for hydroxylation is 1. The van der Waals surface area contributed by atoms with Crippen molar-refractivity contribution >= 4 is 18.3 Å². The van der Waals surface area contributed by atoms with E-state index in [1.54, 1.807) is 17.1 Å². The summed E-state index contributed by atoms with van der Waals surface area (Å²) < 4.78 is 1.63. The number of rotatable bonds is 7. The van der Waals surface area contributed by atoms with Crippen LogP contribution in [0.4, 0.5) is 0 Å². The smallest absolute Gasteiger partial charge is 0.221 e. The molecule has 2 rings (SSSR count). The Morgan fingerprint density at radius 3 is 2.48 bits per heavy atom.